The maximum Gasteiger partial charge on any atom is 0.152 e. The molecule has 0 spiro atoms. The standard InChI is InChI=1S/C13H26N2O2S/c1-2-4-12-5-7-15(9-12)13(10-14)6-3-8-18(16,17)11-13/h12H,2-11,14H2,1H3. The Morgan fingerprint density at radius 3 is 2.83 bits per heavy atom. The third-order valence-corrected chi connectivity index (χ3v) is 6.51. The largest absolute Gasteiger partial charge is 0.329 e. The zero-order valence-corrected chi connectivity index (χ0v) is 12.2. The van der Waals surface area contributed by atoms with Crippen LogP contribution in [0.2, 0.25) is 0 Å². The van der Waals surface area contributed by atoms with Gasteiger partial charge in [0.25, 0.3) is 0 Å². The van der Waals surface area contributed by atoms with Gasteiger partial charge in [0, 0.05) is 18.6 Å². The quantitative estimate of drug-likeness (QED) is 0.831. The molecule has 2 rings (SSSR count). The summed E-state index contributed by atoms with van der Waals surface area (Å²) < 4.78 is 23.8. The van der Waals surface area contributed by atoms with Crippen molar-refractivity contribution in [2.45, 2.75) is 44.6 Å². The van der Waals surface area contributed by atoms with Gasteiger partial charge in [0.1, 0.15) is 0 Å². The lowest BCUT2D eigenvalue weighted by Gasteiger charge is -2.43. The van der Waals surface area contributed by atoms with Crippen LogP contribution >= 0.6 is 0 Å². The van der Waals surface area contributed by atoms with E-state index in [4.69, 9.17) is 5.73 Å². The van der Waals surface area contributed by atoms with Crippen molar-refractivity contribution in [3.8, 4) is 0 Å². The van der Waals surface area contributed by atoms with Gasteiger partial charge in [-0.05, 0) is 38.1 Å². The fourth-order valence-electron chi connectivity index (χ4n) is 3.62. The van der Waals surface area contributed by atoms with Crippen molar-refractivity contribution in [1.82, 2.24) is 4.90 Å². The molecule has 2 fully saturated rings. The van der Waals surface area contributed by atoms with Crippen molar-refractivity contribution in [3.63, 3.8) is 0 Å². The minimum Gasteiger partial charge on any atom is -0.329 e. The first-order valence-corrected chi connectivity index (χ1v) is 8.99. The van der Waals surface area contributed by atoms with Crippen LogP contribution in [0.15, 0.2) is 0 Å². The highest BCUT2D eigenvalue weighted by Gasteiger charge is 2.44. The Balaban J connectivity index is 2.09. The molecule has 0 aromatic carbocycles. The van der Waals surface area contributed by atoms with Crippen LogP contribution in [0.3, 0.4) is 0 Å². The van der Waals surface area contributed by atoms with Crippen LogP contribution in [0.25, 0.3) is 0 Å². The van der Waals surface area contributed by atoms with E-state index >= 15 is 0 Å². The molecule has 2 heterocycles. The molecule has 18 heavy (non-hydrogen) atoms. The highest BCUT2D eigenvalue weighted by molar-refractivity contribution is 7.91. The Hall–Kier alpha value is -0.130. The van der Waals surface area contributed by atoms with Crippen LogP contribution in [0.4, 0.5) is 0 Å². The SMILES string of the molecule is CCCC1CCN(C2(CN)CCCS(=O)(=O)C2)C1. The summed E-state index contributed by atoms with van der Waals surface area (Å²) in [5.74, 6) is 1.36. The number of rotatable bonds is 4. The molecule has 0 aliphatic carbocycles. The third-order valence-electron chi connectivity index (χ3n) is 4.62. The molecule has 106 valence electrons. The summed E-state index contributed by atoms with van der Waals surface area (Å²) in [5, 5.41) is 0. The molecule has 2 atom stereocenters. The molecule has 0 amide bonds. The molecule has 2 aliphatic rings. The molecule has 2 saturated heterocycles. The normalized spacial score (nSPS) is 36.9. The average Bonchev–Trinajstić information content (AvgIpc) is 2.77. The van der Waals surface area contributed by atoms with E-state index in [1.807, 2.05) is 0 Å². The Morgan fingerprint density at radius 2 is 2.22 bits per heavy atom. The Labute approximate surface area is 111 Å². The van der Waals surface area contributed by atoms with Crippen molar-refractivity contribution in [2.75, 3.05) is 31.1 Å². The molecule has 5 heteroatoms. The Kier molecular flexibility index (Phi) is 4.34. The van der Waals surface area contributed by atoms with Crippen LogP contribution in [0.5, 0.6) is 0 Å². The maximum atomic E-state index is 11.9. The first-order valence-electron chi connectivity index (χ1n) is 7.17. The van der Waals surface area contributed by atoms with E-state index in [1.165, 1.54) is 19.3 Å². The van der Waals surface area contributed by atoms with E-state index in [0.29, 0.717) is 12.3 Å². The van der Waals surface area contributed by atoms with Gasteiger partial charge in [-0.1, -0.05) is 13.3 Å². The summed E-state index contributed by atoms with van der Waals surface area (Å²) in [4.78, 5) is 2.38. The smallest absolute Gasteiger partial charge is 0.152 e. The molecular formula is C13H26N2O2S. The first-order chi connectivity index (χ1) is 8.51. The monoisotopic (exact) mass is 274 g/mol. The van der Waals surface area contributed by atoms with E-state index in [2.05, 4.69) is 11.8 Å². The van der Waals surface area contributed by atoms with Crippen molar-refractivity contribution in [3.05, 3.63) is 0 Å². The number of nitrogens with two attached hydrogens (primary N) is 1. The van der Waals surface area contributed by atoms with E-state index in [1.54, 1.807) is 0 Å². The van der Waals surface area contributed by atoms with Crippen LogP contribution in [0, 0.1) is 5.92 Å². The van der Waals surface area contributed by atoms with Crippen molar-refractivity contribution in [1.29, 1.82) is 0 Å². The van der Waals surface area contributed by atoms with Gasteiger partial charge >= 0.3 is 0 Å². The summed E-state index contributed by atoms with van der Waals surface area (Å²) in [5.41, 5.74) is 5.69. The van der Waals surface area contributed by atoms with Gasteiger partial charge in [-0.3, -0.25) is 4.90 Å². The molecule has 0 saturated carbocycles. The zero-order valence-electron chi connectivity index (χ0n) is 11.4. The van der Waals surface area contributed by atoms with E-state index in [0.717, 1.165) is 31.8 Å². The van der Waals surface area contributed by atoms with Gasteiger partial charge in [-0.15, -0.1) is 0 Å². The van der Waals surface area contributed by atoms with E-state index < -0.39 is 9.84 Å². The van der Waals surface area contributed by atoms with Crippen molar-refractivity contribution < 1.29 is 8.42 Å². The lowest BCUT2D eigenvalue weighted by atomic mass is 9.93. The van der Waals surface area contributed by atoms with Gasteiger partial charge in [0.05, 0.1) is 11.5 Å². The maximum absolute atomic E-state index is 11.9. The molecule has 2 aliphatic heterocycles. The summed E-state index contributed by atoms with van der Waals surface area (Å²) >= 11 is 0. The Bertz CT molecular complexity index is 382. The summed E-state index contributed by atoms with van der Waals surface area (Å²) in [6.07, 6.45) is 5.39. The molecule has 2 unspecified atom stereocenters. The third kappa shape index (κ3) is 2.89. The number of sulfone groups is 1. The molecule has 4 nitrogen and oxygen atoms in total. The number of hydrogen-bond donors (Lipinski definition) is 1. The molecular weight excluding hydrogens is 248 g/mol. The van der Waals surface area contributed by atoms with E-state index in [-0.39, 0.29) is 11.3 Å². The van der Waals surface area contributed by atoms with E-state index in [9.17, 15) is 8.42 Å². The van der Waals surface area contributed by atoms with Gasteiger partial charge in [0.15, 0.2) is 9.84 Å². The fraction of sp³-hybridized carbons (Fsp3) is 1.00. The van der Waals surface area contributed by atoms with Crippen molar-refractivity contribution in [2.24, 2.45) is 11.7 Å². The van der Waals surface area contributed by atoms with Gasteiger partial charge < -0.3 is 5.73 Å². The van der Waals surface area contributed by atoms with Crippen LogP contribution in [-0.4, -0.2) is 50.0 Å². The zero-order chi connectivity index (χ0) is 13.2. The summed E-state index contributed by atoms with van der Waals surface area (Å²) in [7, 11) is -2.89. The molecule has 0 aromatic rings. The summed E-state index contributed by atoms with van der Waals surface area (Å²) in [6.45, 7) is 4.76. The summed E-state index contributed by atoms with van der Waals surface area (Å²) in [6, 6.07) is 0. The van der Waals surface area contributed by atoms with Crippen molar-refractivity contribution >= 4 is 9.84 Å². The number of nitrogens with zero attached hydrogens (tertiary/aromatic N) is 1. The van der Waals surface area contributed by atoms with Gasteiger partial charge in [-0.25, -0.2) is 8.42 Å². The molecule has 0 radical (unpaired) electrons. The minimum absolute atomic E-state index is 0.264. The van der Waals surface area contributed by atoms with Gasteiger partial charge in [-0.2, -0.15) is 0 Å². The average molecular weight is 274 g/mol. The first kappa shape index (κ1) is 14.3. The number of hydrogen-bond acceptors (Lipinski definition) is 4. The van der Waals surface area contributed by atoms with Gasteiger partial charge in [0.2, 0.25) is 0 Å². The van der Waals surface area contributed by atoms with Crippen LogP contribution in [0.1, 0.15) is 39.0 Å². The second kappa shape index (κ2) is 5.47. The fourth-order valence-corrected chi connectivity index (χ4v) is 5.61. The lowest BCUT2D eigenvalue weighted by Crippen LogP contribution is -2.59. The molecule has 0 aromatic heterocycles. The second-order valence-corrected chi connectivity index (χ2v) is 8.20. The second-order valence-electron chi connectivity index (χ2n) is 6.01. The van der Waals surface area contributed by atoms with Crippen LogP contribution in [-0.2, 0) is 9.84 Å². The Morgan fingerprint density at radius 1 is 1.44 bits per heavy atom. The lowest BCUT2D eigenvalue weighted by molar-refractivity contribution is 0.124. The van der Waals surface area contributed by atoms with Crippen LogP contribution < -0.4 is 5.73 Å². The predicted molar refractivity (Wildman–Crippen MR) is 74.3 cm³/mol. The molecule has 0 bridgehead atoms. The number of likely N-dealkylation sites (tertiary alicyclic amines) is 1. The highest BCUT2D eigenvalue weighted by Crippen LogP contribution is 2.34. The molecule has 2 N–H and O–H groups in total. The predicted octanol–water partition coefficient (Wildman–Crippen LogP) is 1.01. The minimum atomic E-state index is -2.89. The highest BCUT2D eigenvalue weighted by atomic mass is 32.2. The topological polar surface area (TPSA) is 63.4 Å².